The standard InChI is InChI=1S/C25H16Cl2O2/c26-23-9-5-17(6-10-23)21-13-20(16-1-3-19(4-2-16)25(28)29)14-22(15-21)18-7-11-24(27)12-8-18/h1-15H,(H,28,29). The van der Waals surface area contributed by atoms with Crippen molar-refractivity contribution in [2.45, 2.75) is 0 Å². The summed E-state index contributed by atoms with van der Waals surface area (Å²) in [6.45, 7) is 0. The van der Waals surface area contributed by atoms with Crippen molar-refractivity contribution >= 4 is 29.2 Å². The highest BCUT2D eigenvalue weighted by atomic mass is 35.5. The van der Waals surface area contributed by atoms with Crippen LogP contribution in [0.3, 0.4) is 0 Å². The smallest absolute Gasteiger partial charge is 0.335 e. The van der Waals surface area contributed by atoms with Crippen LogP contribution < -0.4 is 0 Å². The minimum atomic E-state index is -0.937. The molecule has 1 N–H and O–H groups in total. The molecule has 0 aromatic heterocycles. The van der Waals surface area contributed by atoms with Gasteiger partial charge in [0.1, 0.15) is 0 Å². The summed E-state index contributed by atoms with van der Waals surface area (Å²) in [6.07, 6.45) is 0. The number of benzene rings is 4. The minimum absolute atomic E-state index is 0.264. The van der Waals surface area contributed by atoms with Gasteiger partial charge in [0.2, 0.25) is 0 Å². The molecule has 4 aromatic rings. The summed E-state index contributed by atoms with van der Waals surface area (Å²) in [6, 6.07) is 28.6. The van der Waals surface area contributed by atoms with E-state index in [4.69, 9.17) is 28.3 Å². The second kappa shape index (κ2) is 8.12. The van der Waals surface area contributed by atoms with Crippen molar-refractivity contribution in [1.82, 2.24) is 0 Å². The Kier molecular flexibility index (Phi) is 5.39. The summed E-state index contributed by atoms with van der Waals surface area (Å²) in [7, 11) is 0. The summed E-state index contributed by atoms with van der Waals surface area (Å²) in [5.41, 5.74) is 6.40. The molecule has 0 fully saturated rings. The van der Waals surface area contributed by atoms with Crippen molar-refractivity contribution in [2.75, 3.05) is 0 Å². The van der Waals surface area contributed by atoms with E-state index in [-0.39, 0.29) is 5.56 Å². The van der Waals surface area contributed by atoms with Gasteiger partial charge in [-0.1, -0.05) is 59.6 Å². The lowest BCUT2D eigenvalue weighted by Crippen LogP contribution is -1.95. The van der Waals surface area contributed by atoms with Gasteiger partial charge in [0.15, 0.2) is 0 Å². The molecule has 0 radical (unpaired) electrons. The third kappa shape index (κ3) is 4.34. The molecule has 0 saturated carbocycles. The summed E-state index contributed by atoms with van der Waals surface area (Å²) in [5.74, 6) is -0.937. The van der Waals surface area contributed by atoms with Crippen molar-refractivity contribution in [2.24, 2.45) is 0 Å². The van der Waals surface area contributed by atoms with Crippen LogP contribution in [0, 0.1) is 0 Å². The lowest BCUT2D eigenvalue weighted by molar-refractivity contribution is 0.0697. The van der Waals surface area contributed by atoms with E-state index in [2.05, 4.69) is 18.2 Å². The number of hydrogen-bond donors (Lipinski definition) is 1. The fourth-order valence-corrected chi connectivity index (χ4v) is 3.47. The van der Waals surface area contributed by atoms with Gasteiger partial charge in [-0.25, -0.2) is 4.79 Å². The van der Waals surface area contributed by atoms with Gasteiger partial charge in [-0.05, 0) is 88.0 Å². The predicted molar refractivity (Wildman–Crippen MR) is 120 cm³/mol. The van der Waals surface area contributed by atoms with Crippen LogP contribution in [0.25, 0.3) is 33.4 Å². The summed E-state index contributed by atoms with van der Waals surface area (Å²) >= 11 is 12.1. The van der Waals surface area contributed by atoms with Crippen molar-refractivity contribution in [3.63, 3.8) is 0 Å². The van der Waals surface area contributed by atoms with E-state index in [1.165, 1.54) is 0 Å². The highest BCUT2D eigenvalue weighted by Crippen LogP contribution is 2.33. The molecule has 4 heteroatoms. The molecule has 29 heavy (non-hydrogen) atoms. The summed E-state index contributed by atoms with van der Waals surface area (Å²) in [4.78, 5) is 11.2. The molecular formula is C25H16Cl2O2. The highest BCUT2D eigenvalue weighted by molar-refractivity contribution is 6.31. The minimum Gasteiger partial charge on any atom is -0.478 e. The zero-order valence-electron chi connectivity index (χ0n) is 15.3. The summed E-state index contributed by atoms with van der Waals surface area (Å²) < 4.78 is 0. The van der Waals surface area contributed by atoms with E-state index in [0.717, 1.165) is 33.4 Å². The fourth-order valence-electron chi connectivity index (χ4n) is 3.22. The molecule has 142 valence electrons. The molecule has 0 spiro atoms. The topological polar surface area (TPSA) is 37.3 Å². The molecule has 0 bridgehead atoms. The average Bonchev–Trinajstić information content (AvgIpc) is 2.74. The molecule has 0 aliphatic rings. The summed E-state index contributed by atoms with van der Waals surface area (Å²) in [5, 5.41) is 10.5. The number of carboxylic acid groups (broad SMARTS) is 1. The highest BCUT2D eigenvalue weighted by Gasteiger charge is 2.09. The average molecular weight is 419 g/mol. The van der Waals surface area contributed by atoms with Gasteiger partial charge in [0, 0.05) is 10.0 Å². The Bertz CT molecular complexity index is 1100. The zero-order valence-corrected chi connectivity index (χ0v) is 16.8. The Labute approximate surface area is 179 Å². The number of carboxylic acids is 1. The molecule has 2 nitrogen and oxygen atoms in total. The molecular weight excluding hydrogens is 403 g/mol. The van der Waals surface area contributed by atoms with Gasteiger partial charge in [-0.15, -0.1) is 0 Å². The zero-order chi connectivity index (χ0) is 20.4. The molecule has 0 amide bonds. The third-order valence-corrected chi connectivity index (χ3v) is 5.26. The second-order valence-electron chi connectivity index (χ2n) is 6.70. The SMILES string of the molecule is O=C(O)c1ccc(-c2cc(-c3ccc(Cl)cc3)cc(-c3ccc(Cl)cc3)c2)cc1. The van der Waals surface area contributed by atoms with Crippen LogP contribution in [0.15, 0.2) is 91.0 Å². The second-order valence-corrected chi connectivity index (χ2v) is 7.57. The molecule has 4 rings (SSSR count). The first-order chi connectivity index (χ1) is 14.0. The fraction of sp³-hybridized carbons (Fsp3) is 0. The predicted octanol–water partition coefficient (Wildman–Crippen LogP) is 7.69. The Morgan fingerprint density at radius 3 is 1.14 bits per heavy atom. The van der Waals surface area contributed by atoms with E-state index in [1.54, 1.807) is 12.1 Å². The van der Waals surface area contributed by atoms with Crippen LogP contribution in [0.2, 0.25) is 10.0 Å². The molecule has 0 aliphatic carbocycles. The number of hydrogen-bond acceptors (Lipinski definition) is 1. The monoisotopic (exact) mass is 418 g/mol. The van der Waals surface area contributed by atoms with Crippen molar-refractivity contribution in [3.8, 4) is 33.4 Å². The van der Waals surface area contributed by atoms with E-state index < -0.39 is 5.97 Å². The van der Waals surface area contributed by atoms with E-state index in [1.807, 2.05) is 60.7 Å². The van der Waals surface area contributed by atoms with Crippen molar-refractivity contribution < 1.29 is 9.90 Å². The Morgan fingerprint density at radius 1 is 0.517 bits per heavy atom. The van der Waals surface area contributed by atoms with Gasteiger partial charge in [0.05, 0.1) is 5.56 Å². The molecule has 4 aromatic carbocycles. The van der Waals surface area contributed by atoms with Crippen LogP contribution in [-0.4, -0.2) is 11.1 Å². The van der Waals surface area contributed by atoms with Gasteiger partial charge in [0.25, 0.3) is 0 Å². The van der Waals surface area contributed by atoms with Crippen LogP contribution in [0.5, 0.6) is 0 Å². The normalized spacial score (nSPS) is 10.7. The molecule has 0 aliphatic heterocycles. The van der Waals surface area contributed by atoms with Crippen LogP contribution in [-0.2, 0) is 0 Å². The van der Waals surface area contributed by atoms with Gasteiger partial charge in [-0.2, -0.15) is 0 Å². The lowest BCUT2D eigenvalue weighted by atomic mass is 9.93. The van der Waals surface area contributed by atoms with Crippen LogP contribution in [0.1, 0.15) is 10.4 Å². The van der Waals surface area contributed by atoms with Gasteiger partial charge in [-0.3, -0.25) is 0 Å². The number of rotatable bonds is 4. The first-order valence-corrected chi connectivity index (χ1v) is 9.76. The molecule has 0 saturated heterocycles. The largest absolute Gasteiger partial charge is 0.478 e. The van der Waals surface area contributed by atoms with E-state index in [0.29, 0.717) is 10.0 Å². The molecule has 0 atom stereocenters. The van der Waals surface area contributed by atoms with Crippen molar-refractivity contribution in [1.29, 1.82) is 0 Å². The van der Waals surface area contributed by atoms with Gasteiger partial charge < -0.3 is 5.11 Å². The van der Waals surface area contributed by atoms with Crippen LogP contribution >= 0.6 is 23.2 Å². The van der Waals surface area contributed by atoms with Gasteiger partial charge >= 0.3 is 5.97 Å². The quantitative estimate of drug-likeness (QED) is 0.368. The van der Waals surface area contributed by atoms with Crippen LogP contribution in [0.4, 0.5) is 0 Å². The number of aromatic carboxylic acids is 1. The molecule has 0 unspecified atom stereocenters. The number of halogens is 2. The number of carbonyl (C=O) groups is 1. The Morgan fingerprint density at radius 2 is 0.828 bits per heavy atom. The van der Waals surface area contributed by atoms with Crippen molar-refractivity contribution in [3.05, 3.63) is 107 Å². The Hall–Kier alpha value is -3.07. The molecule has 0 heterocycles. The maximum atomic E-state index is 11.2. The first kappa shape index (κ1) is 19.3. The third-order valence-electron chi connectivity index (χ3n) is 4.75. The maximum absolute atomic E-state index is 11.2. The lowest BCUT2D eigenvalue weighted by Gasteiger charge is -2.12. The maximum Gasteiger partial charge on any atom is 0.335 e. The first-order valence-electron chi connectivity index (χ1n) is 9.00. The Balaban J connectivity index is 1.86. The van der Waals surface area contributed by atoms with E-state index >= 15 is 0 Å². The van der Waals surface area contributed by atoms with E-state index in [9.17, 15) is 4.79 Å².